The van der Waals surface area contributed by atoms with Crippen molar-refractivity contribution in [3.8, 4) is 0 Å². The summed E-state index contributed by atoms with van der Waals surface area (Å²) in [4.78, 5) is 0. The van der Waals surface area contributed by atoms with Crippen LogP contribution in [0.2, 0.25) is 0 Å². The summed E-state index contributed by atoms with van der Waals surface area (Å²) in [6.07, 6.45) is -20.4. The molecule has 0 bridgehead atoms. The van der Waals surface area contributed by atoms with Crippen molar-refractivity contribution in [1.82, 2.24) is 0 Å². The number of sulfone groups is 2. The topological polar surface area (TPSA) is 68.3 Å². The van der Waals surface area contributed by atoms with Crippen molar-refractivity contribution in [2.24, 2.45) is 0 Å². The summed E-state index contributed by atoms with van der Waals surface area (Å²) < 4.78 is 256. The number of hydrogen-bond donors (Lipinski definition) is 0. The normalized spacial score (nSPS) is 26.7. The molecular weight excluding hydrogens is 629 g/mol. The van der Waals surface area contributed by atoms with Gasteiger partial charge in [-0.05, 0) is 0 Å². The monoisotopic (exact) mass is 635 g/mol. The van der Waals surface area contributed by atoms with Gasteiger partial charge in [0.2, 0.25) is 9.84 Å². The zero-order chi connectivity index (χ0) is 30.3. The van der Waals surface area contributed by atoms with Gasteiger partial charge in [0.15, 0.2) is 64.0 Å². The van der Waals surface area contributed by atoms with Crippen molar-refractivity contribution in [2.75, 3.05) is 0 Å². The van der Waals surface area contributed by atoms with Crippen molar-refractivity contribution < 1.29 is 82.7 Å². The summed E-state index contributed by atoms with van der Waals surface area (Å²) in [6.45, 7) is 0. The summed E-state index contributed by atoms with van der Waals surface area (Å²) in [5.74, 6) is -22.2. The number of rotatable bonds is 4. The van der Waals surface area contributed by atoms with Gasteiger partial charge in [-0.25, -0.2) is 60.7 Å². The lowest BCUT2D eigenvalue weighted by atomic mass is 9.91. The van der Waals surface area contributed by atoms with E-state index in [-0.39, 0.29) is 0 Å². The van der Waals surface area contributed by atoms with Crippen LogP contribution in [-0.4, -0.2) is 58.5 Å². The zero-order valence-corrected chi connectivity index (χ0v) is 19.2. The van der Waals surface area contributed by atoms with Crippen molar-refractivity contribution in [3.05, 3.63) is 50.9 Å². The van der Waals surface area contributed by atoms with Gasteiger partial charge in [0.1, 0.15) is 11.1 Å². The van der Waals surface area contributed by atoms with Crippen molar-refractivity contribution in [3.63, 3.8) is 0 Å². The van der Waals surface area contributed by atoms with Crippen LogP contribution in [0.3, 0.4) is 0 Å². The molecule has 4 unspecified atom stereocenters. The van der Waals surface area contributed by atoms with E-state index in [2.05, 4.69) is 0 Å². The maximum absolute atomic E-state index is 15.1. The maximum atomic E-state index is 15.1. The van der Waals surface area contributed by atoms with Gasteiger partial charge in [-0.15, -0.1) is 0 Å². The first-order valence-electron chi connectivity index (χ1n) is 9.50. The van der Waals surface area contributed by atoms with Crippen molar-refractivity contribution in [1.29, 1.82) is 0 Å². The molecule has 0 saturated heterocycles. The van der Waals surface area contributed by atoms with Gasteiger partial charge in [-0.1, -0.05) is 5.56 Å². The molecule has 0 amide bonds. The van der Waals surface area contributed by atoms with Gasteiger partial charge >= 0.3 is 5.51 Å². The van der Waals surface area contributed by atoms with Crippen LogP contribution in [0.4, 0.5) is 65.9 Å². The summed E-state index contributed by atoms with van der Waals surface area (Å²) in [5, 5.41) is -9.65. The van der Waals surface area contributed by atoms with Gasteiger partial charge < -0.3 is 0 Å². The molecule has 0 radical (unpaired) electrons. The molecule has 0 heterocycles. The second-order valence-electron chi connectivity index (χ2n) is 7.79. The molecule has 0 N–H and O–H groups in total. The molecule has 0 spiro atoms. The van der Waals surface area contributed by atoms with Gasteiger partial charge in [0.05, 0.1) is 10.4 Å². The third-order valence-corrected chi connectivity index (χ3v) is 10.2. The van der Waals surface area contributed by atoms with Crippen LogP contribution >= 0.6 is 0 Å². The lowest BCUT2D eigenvalue weighted by Crippen LogP contribution is -2.60. The first kappa shape index (κ1) is 31.0. The highest BCUT2D eigenvalue weighted by Gasteiger charge is 2.63. The minimum absolute atomic E-state index is 2.57. The van der Waals surface area contributed by atoms with Gasteiger partial charge in [-0.2, -0.15) is 13.2 Å². The van der Waals surface area contributed by atoms with E-state index in [0.29, 0.717) is 0 Å². The Hall–Kier alpha value is -2.58. The Morgan fingerprint density at radius 1 is 0.513 bits per heavy atom. The Bertz CT molecular complexity index is 1540. The van der Waals surface area contributed by atoms with Crippen LogP contribution in [0, 0.1) is 45.3 Å². The minimum Gasteiger partial charge on any atom is -0.283 e. The molecule has 1 aliphatic rings. The van der Waals surface area contributed by atoms with Crippen molar-refractivity contribution in [2.45, 2.75) is 41.6 Å². The van der Waals surface area contributed by atoms with E-state index < -0.39 is 123 Å². The van der Waals surface area contributed by atoms with E-state index in [0.717, 1.165) is 0 Å². The maximum Gasteiger partial charge on any atom is 0.491 e. The average Bonchev–Trinajstić information content (AvgIpc) is 2.82. The number of benzene rings is 2. The predicted molar refractivity (Wildman–Crippen MR) is 98.2 cm³/mol. The first-order valence-corrected chi connectivity index (χ1v) is 12.5. The molecule has 1 fully saturated rings. The Labute approximate surface area is 206 Å². The molecule has 2 aromatic carbocycles. The van der Waals surface area contributed by atoms with E-state index in [1.165, 1.54) is 0 Å². The molecule has 4 nitrogen and oxygen atoms in total. The number of hydrogen-bond acceptors (Lipinski definition) is 4. The quantitative estimate of drug-likeness (QED) is 0.204. The Morgan fingerprint density at radius 2 is 0.846 bits per heavy atom. The summed E-state index contributed by atoms with van der Waals surface area (Å²) in [5.41, 5.74) is -10.5. The van der Waals surface area contributed by atoms with Crippen LogP contribution in [0.15, 0.2) is 0 Å². The molecule has 39 heavy (non-hydrogen) atoms. The smallest absolute Gasteiger partial charge is 0.283 e. The summed E-state index contributed by atoms with van der Waals surface area (Å²) >= 11 is 0. The van der Waals surface area contributed by atoms with Crippen LogP contribution < -0.4 is 0 Å². The standard InChI is InChI=1S/C18H6F15O4S2/c19-4-1-2(7(22)10(25)9(24)6(1)21)5(20)8(23)3(4)17(39(36,37)18(31,32)33)38(34,35)16-14(29)12(27)11(26)13(28)15(16)30/h11-16H/q-1. The average molecular weight is 635 g/mol. The fourth-order valence-electron chi connectivity index (χ4n) is 3.73. The first-order chi connectivity index (χ1) is 17.5. The third kappa shape index (κ3) is 4.26. The molecular formula is C18H6F15O4S2-. The highest BCUT2D eigenvalue weighted by Crippen LogP contribution is 2.48. The molecule has 0 aromatic heterocycles. The Morgan fingerprint density at radius 3 is 1.23 bits per heavy atom. The molecule has 3 rings (SSSR count). The summed E-state index contributed by atoms with van der Waals surface area (Å²) in [7, 11) is -15.3. The van der Waals surface area contributed by atoms with Crippen LogP contribution in [0.1, 0.15) is 5.56 Å². The summed E-state index contributed by atoms with van der Waals surface area (Å²) in [6, 6.07) is 0. The zero-order valence-electron chi connectivity index (χ0n) is 17.6. The minimum atomic E-state index is -7.94. The predicted octanol–water partition coefficient (Wildman–Crippen LogP) is 5.07. The fraction of sp³-hybridized carbons (Fsp3) is 0.389. The number of fused-ring (bicyclic) bond motifs is 1. The highest BCUT2D eigenvalue weighted by molar-refractivity contribution is 8.13. The molecule has 220 valence electrons. The van der Waals surface area contributed by atoms with E-state index in [1.54, 1.807) is 0 Å². The largest absolute Gasteiger partial charge is 0.491 e. The molecule has 21 heteroatoms. The van der Waals surface area contributed by atoms with E-state index in [4.69, 9.17) is 0 Å². The van der Waals surface area contributed by atoms with E-state index in [1.807, 2.05) is 0 Å². The van der Waals surface area contributed by atoms with E-state index >= 15 is 4.39 Å². The highest BCUT2D eigenvalue weighted by atomic mass is 32.3. The van der Waals surface area contributed by atoms with Crippen LogP contribution in [0.25, 0.3) is 10.8 Å². The SMILES string of the molecule is O=S(=O)([C-](c1c(F)c(F)c2c(F)c(F)c(F)c(F)c2c1F)S(=O)(=O)C(F)(F)F)C1C(F)C(F)C(F)C(F)C1F. The molecule has 2 aromatic rings. The second-order valence-corrected chi connectivity index (χ2v) is 12.0. The van der Waals surface area contributed by atoms with E-state index in [9.17, 15) is 78.3 Å². The Balaban J connectivity index is 2.56. The molecule has 1 saturated carbocycles. The fourth-order valence-corrected chi connectivity index (χ4v) is 7.92. The van der Waals surface area contributed by atoms with Gasteiger partial charge in [0.25, 0.3) is 0 Å². The second kappa shape index (κ2) is 9.51. The lowest BCUT2D eigenvalue weighted by molar-refractivity contribution is -0.0479. The molecule has 4 atom stereocenters. The van der Waals surface area contributed by atoms with Gasteiger partial charge in [0, 0.05) is 16.6 Å². The number of alkyl halides is 8. The molecule has 0 aliphatic heterocycles. The van der Waals surface area contributed by atoms with Crippen molar-refractivity contribution >= 4 is 30.4 Å². The van der Waals surface area contributed by atoms with Crippen LogP contribution in [-0.2, 0) is 19.7 Å². The Kier molecular flexibility index (Phi) is 7.55. The number of halogens is 15. The third-order valence-electron chi connectivity index (χ3n) is 5.55. The van der Waals surface area contributed by atoms with Gasteiger partial charge in [-0.3, -0.25) is 8.78 Å². The van der Waals surface area contributed by atoms with Crippen LogP contribution in [0.5, 0.6) is 0 Å². The lowest BCUT2D eigenvalue weighted by Gasteiger charge is -2.39. The molecule has 1 aliphatic carbocycles.